The van der Waals surface area contributed by atoms with Crippen LogP contribution in [0.5, 0.6) is 5.75 Å². The minimum atomic E-state index is -0.909. The Bertz CT molecular complexity index is 1220. The number of amides is 3. The molecule has 2 heterocycles. The Morgan fingerprint density at radius 3 is 2.67 bits per heavy atom. The van der Waals surface area contributed by atoms with Crippen molar-refractivity contribution in [3.63, 3.8) is 0 Å². The van der Waals surface area contributed by atoms with Crippen LogP contribution >= 0.6 is 0 Å². The van der Waals surface area contributed by atoms with Crippen LogP contribution in [0.3, 0.4) is 0 Å². The zero-order chi connectivity index (χ0) is 25.1. The van der Waals surface area contributed by atoms with Gasteiger partial charge in [0.05, 0.1) is 5.69 Å². The minimum absolute atomic E-state index is 0.0249. The summed E-state index contributed by atoms with van der Waals surface area (Å²) in [6.07, 6.45) is 3.12. The van der Waals surface area contributed by atoms with Crippen molar-refractivity contribution in [1.82, 2.24) is 10.6 Å². The van der Waals surface area contributed by atoms with E-state index in [1.165, 1.54) is 4.90 Å². The normalized spacial score (nSPS) is 20.8. The first kappa shape index (κ1) is 23.7. The van der Waals surface area contributed by atoms with Crippen LogP contribution in [-0.2, 0) is 27.2 Å². The molecule has 0 aromatic heterocycles. The maximum atomic E-state index is 13.1. The van der Waals surface area contributed by atoms with Gasteiger partial charge in [0.15, 0.2) is 6.17 Å². The summed E-state index contributed by atoms with van der Waals surface area (Å²) >= 11 is 0. The number of hydrogen-bond donors (Lipinski definition) is 2. The number of rotatable bonds is 8. The Hall–Kier alpha value is -4.08. The van der Waals surface area contributed by atoms with Crippen molar-refractivity contribution in [2.45, 2.75) is 50.4 Å². The Kier molecular flexibility index (Phi) is 6.75. The molecule has 1 fully saturated rings. The van der Waals surface area contributed by atoms with Crippen molar-refractivity contribution in [3.05, 3.63) is 59.7 Å². The number of ether oxygens (including phenoxy) is 1. The Labute approximate surface area is 208 Å². The number of benzene rings is 2. The largest absolute Gasteiger partial charge is 0.489 e. The summed E-state index contributed by atoms with van der Waals surface area (Å²) in [6.45, 7) is -0.0249. The molecule has 2 aromatic rings. The lowest BCUT2D eigenvalue weighted by atomic mass is 10.1. The molecular formula is C26H28N6O4. The number of nitrogens with zero attached hydrogens (tertiary/aromatic N) is 4. The molecule has 2 N–H and O–H groups in total. The second kappa shape index (κ2) is 10.3. The van der Waals surface area contributed by atoms with E-state index >= 15 is 0 Å². The van der Waals surface area contributed by atoms with Gasteiger partial charge >= 0.3 is 0 Å². The summed E-state index contributed by atoms with van der Waals surface area (Å²) in [5.41, 5.74) is 2.56. The molecule has 10 nitrogen and oxygen atoms in total. The number of aliphatic imine (C=N–C) groups is 1. The molecule has 5 rings (SSSR count). The van der Waals surface area contributed by atoms with Crippen LogP contribution in [0.2, 0.25) is 0 Å². The molecule has 186 valence electrons. The van der Waals surface area contributed by atoms with E-state index in [9.17, 15) is 14.4 Å². The highest BCUT2D eigenvalue weighted by Crippen LogP contribution is 2.32. The fourth-order valence-electron chi connectivity index (χ4n) is 4.14. The first-order chi connectivity index (χ1) is 17.5. The number of carbonyl (C=O) groups excluding carboxylic acids is 3. The van der Waals surface area contributed by atoms with Crippen molar-refractivity contribution in [3.8, 4) is 5.75 Å². The number of likely N-dealkylation sites (N-methyl/N-ethyl adjacent to an activating group) is 1. The third-order valence-electron chi connectivity index (χ3n) is 6.33. The molecule has 1 aliphatic carbocycles. The lowest BCUT2D eigenvalue weighted by molar-refractivity contribution is -0.124. The van der Waals surface area contributed by atoms with E-state index in [0.29, 0.717) is 36.7 Å². The summed E-state index contributed by atoms with van der Waals surface area (Å²) in [5.74, 6) is -0.372. The molecule has 2 atom stereocenters. The predicted molar refractivity (Wildman–Crippen MR) is 133 cm³/mol. The lowest BCUT2D eigenvalue weighted by Gasteiger charge is -2.20. The van der Waals surface area contributed by atoms with Crippen molar-refractivity contribution in [2.24, 2.45) is 15.2 Å². The zero-order valence-electron chi connectivity index (χ0n) is 20.0. The second-order valence-electron chi connectivity index (χ2n) is 9.22. The topological polar surface area (TPSA) is 125 Å². The number of nitrogens with one attached hydrogen (secondary N) is 2. The van der Waals surface area contributed by atoms with Crippen molar-refractivity contribution >= 4 is 29.2 Å². The average molecular weight is 489 g/mol. The van der Waals surface area contributed by atoms with Crippen molar-refractivity contribution in [1.29, 1.82) is 0 Å². The summed E-state index contributed by atoms with van der Waals surface area (Å²) in [5, 5.41) is 13.7. The fraction of sp³-hybridized carbons (Fsp3) is 0.385. The molecular weight excluding hydrogens is 460 g/mol. The summed E-state index contributed by atoms with van der Waals surface area (Å²) < 4.78 is 5.86. The summed E-state index contributed by atoms with van der Waals surface area (Å²) in [4.78, 5) is 43.7. The standard InChI is InChI=1S/C26H28N6O4/c1-32-20-13-17(8-12-23(33)27-18-9-10-18)7-11-21(20)36-15-19(26(32)35)28-25(34)24-29-22(30-31-24)14-16-5-3-2-4-6-16/h2-7,11,13,18-19,22H,8-10,12,14-15H2,1H3,(H,27,33)(H,28,34)/t19-,22?/m0/s1. The molecule has 3 amide bonds. The van der Waals surface area contributed by atoms with Crippen molar-refractivity contribution < 1.29 is 19.1 Å². The van der Waals surface area contributed by atoms with Crippen LogP contribution in [0.15, 0.2) is 63.8 Å². The van der Waals surface area contributed by atoms with E-state index in [2.05, 4.69) is 25.9 Å². The molecule has 0 saturated heterocycles. The predicted octanol–water partition coefficient (Wildman–Crippen LogP) is 2.17. The number of amidine groups is 1. The number of hydrogen-bond acceptors (Lipinski definition) is 7. The monoisotopic (exact) mass is 488 g/mol. The molecule has 2 aliphatic heterocycles. The number of carbonyl (C=O) groups is 3. The Balaban J connectivity index is 1.19. The van der Waals surface area contributed by atoms with Gasteiger partial charge in [-0.3, -0.25) is 14.4 Å². The van der Waals surface area contributed by atoms with E-state index < -0.39 is 18.1 Å². The SMILES string of the molecule is CN1C(=O)[C@@H](NC(=O)C2=NC(Cc3ccccc3)N=N2)COc2ccc(CCC(=O)NC3CC3)cc21. The van der Waals surface area contributed by atoms with Gasteiger partial charge in [-0.05, 0) is 42.5 Å². The number of aryl methyl sites for hydroxylation is 1. The summed E-state index contributed by atoms with van der Waals surface area (Å²) in [6, 6.07) is 14.7. The second-order valence-corrected chi connectivity index (χ2v) is 9.22. The molecule has 3 aliphatic rings. The van der Waals surface area contributed by atoms with Gasteiger partial charge in [-0.2, -0.15) is 5.11 Å². The molecule has 36 heavy (non-hydrogen) atoms. The minimum Gasteiger partial charge on any atom is -0.489 e. The first-order valence-corrected chi connectivity index (χ1v) is 12.1. The highest BCUT2D eigenvalue weighted by Gasteiger charge is 2.32. The quantitative estimate of drug-likeness (QED) is 0.591. The van der Waals surface area contributed by atoms with Gasteiger partial charge in [-0.15, -0.1) is 5.11 Å². The van der Waals surface area contributed by atoms with Gasteiger partial charge in [0, 0.05) is 25.9 Å². The zero-order valence-corrected chi connectivity index (χ0v) is 20.0. The summed E-state index contributed by atoms with van der Waals surface area (Å²) in [7, 11) is 1.64. The maximum absolute atomic E-state index is 13.1. The molecule has 2 aromatic carbocycles. The maximum Gasteiger partial charge on any atom is 0.291 e. The molecule has 0 bridgehead atoms. The average Bonchev–Trinajstić information content (AvgIpc) is 3.60. The van der Waals surface area contributed by atoms with Gasteiger partial charge < -0.3 is 20.3 Å². The van der Waals surface area contributed by atoms with Crippen LogP contribution in [0.25, 0.3) is 0 Å². The molecule has 0 radical (unpaired) electrons. The van der Waals surface area contributed by atoms with Gasteiger partial charge in [0.25, 0.3) is 11.8 Å². The van der Waals surface area contributed by atoms with Crippen LogP contribution in [0, 0.1) is 0 Å². The molecule has 1 unspecified atom stereocenters. The van der Waals surface area contributed by atoms with Crippen molar-refractivity contribution in [2.75, 3.05) is 18.6 Å². The Morgan fingerprint density at radius 2 is 1.89 bits per heavy atom. The van der Waals surface area contributed by atoms with Gasteiger partial charge in [0.1, 0.15) is 18.4 Å². The van der Waals surface area contributed by atoms with Gasteiger partial charge in [-0.25, -0.2) is 4.99 Å². The number of azo groups is 1. The lowest BCUT2D eigenvalue weighted by Crippen LogP contribution is -2.50. The van der Waals surface area contributed by atoms with Gasteiger partial charge in [-0.1, -0.05) is 36.4 Å². The van der Waals surface area contributed by atoms with E-state index in [-0.39, 0.29) is 24.3 Å². The smallest absolute Gasteiger partial charge is 0.291 e. The first-order valence-electron chi connectivity index (χ1n) is 12.1. The van der Waals surface area contributed by atoms with E-state index in [0.717, 1.165) is 24.0 Å². The fourth-order valence-corrected chi connectivity index (χ4v) is 4.14. The molecule has 0 spiro atoms. The third kappa shape index (κ3) is 5.59. The molecule has 10 heteroatoms. The van der Waals surface area contributed by atoms with Crippen LogP contribution in [-0.4, -0.2) is 55.5 Å². The van der Waals surface area contributed by atoms with Crippen LogP contribution in [0.4, 0.5) is 5.69 Å². The molecule has 1 saturated carbocycles. The van der Waals surface area contributed by atoms with Gasteiger partial charge in [0.2, 0.25) is 11.7 Å². The van der Waals surface area contributed by atoms with E-state index in [1.807, 2.05) is 42.5 Å². The van der Waals surface area contributed by atoms with E-state index in [1.54, 1.807) is 13.1 Å². The highest BCUT2D eigenvalue weighted by molar-refractivity contribution is 6.38. The number of fused-ring (bicyclic) bond motifs is 1. The highest BCUT2D eigenvalue weighted by atomic mass is 16.5. The van der Waals surface area contributed by atoms with Crippen LogP contribution in [0.1, 0.15) is 30.4 Å². The van der Waals surface area contributed by atoms with Crippen LogP contribution < -0.4 is 20.3 Å². The number of anilines is 1. The van der Waals surface area contributed by atoms with E-state index in [4.69, 9.17) is 4.74 Å². The Morgan fingerprint density at radius 1 is 1.08 bits per heavy atom. The third-order valence-corrected chi connectivity index (χ3v) is 6.33.